The number of hydrogen-bond donors (Lipinski definition) is 3. The summed E-state index contributed by atoms with van der Waals surface area (Å²) in [4.78, 5) is 28.1. The van der Waals surface area contributed by atoms with Crippen LogP contribution >= 0.6 is 0 Å². The maximum atomic E-state index is 13.6. The third-order valence-corrected chi connectivity index (χ3v) is 9.16. The van der Waals surface area contributed by atoms with Gasteiger partial charge in [0.25, 0.3) is 0 Å². The smallest absolute Gasteiger partial charge is 0.326 e. The number of phenols is 1. The molecule has 4 rings (SSSR count). The van der Waals surface area contributed by atoms with E-state index < -0.39 is 12.0 Å². The van der Waals surface area contributed by atoms with E-state index in [1.807, 2.05) is 42.5 Å². The van der Waals surface area contributed by atoms with E-state index in [4.69, 9.17) is 0 Å². The van der Waals surface area contributed by atoms with Crippen molar-refractivity contribution >= 4 is 11.9 Å². The molecule has 1 saturated carbocycles. The summed E-state index contributed by atoms with van der Waals surface area (Å²) in [6.07, 6.45) is 7.65. The zero-order valence-electron chi connectivity index (χ0n) is 22.9. The number of aromatic hydroxyl groups is 1. The Morgan fingerprint density at radius 1 is 1.08 bits per heavy atom. The predicted molar refractivity (Wildman–Crippen MR) is 150 cm³/mol. The van der Waals surface area contributed by atoms with Crippen molar-refractivity contribution in [3.8, 4) is 5.75 Å². The van der Waals surface area contributed by atoms with Gasteiger partial charge in [-0.15, -0.1) is 0 Å². The highest BCUT2D eigenvalue weighted by atomic mass is 16.4. The van der Waals surface area contributed by atoms with Crippen LogP contribution in [0.25, 0.3) is 0 Å². The maximum Gasteiger partial charge on any atom is 0.326 e. The molecule has 6 heteroatoms. The lowest BCUT2D eigenvalue weighted by atomic mass is 9.68. The van der Waals surface area contributed by atoms with Gasteiger partial charge in [0.05, 0.1) is 5.92 Å². The molecule has 1 amide bonds. The van der Waals surface area contributed by atoms with Crippen LogP contribution in [0.15, 0.2) is 54.6 Å². The predicted octanol–water partition coefficient (Wildman–Crippen LogP) is 5.39. The molecule has 206 valence electrons. The third-order valence-electron chi connectivity index (χ3n) is 9.16. The minimum absolute atomic E-state index is 0.0547. The molecule has 0 radical (unpaired) electrons. The van der Waals surface area contributed by atoms with Gasteiger partial charge < -0.3 is 20.4 Å². The van der Waals surface area contributed by atoms with E-state index in [0.29, 0.717) is 37.0 Å². The van der Waals surface area contributed by atoms with Gasteiger partial charge in [0, 0.05) is 13.1 Å². The van der Waals surface area contributed by atoms with Crippen molar-refractivity contribution < 1.29 is 19.8 Å². The summed E-state index contributed by atoms with van der Waals surface area (Å²) in [5.74, 6) is -0.434. The Hall–Kier alpha value is -2.86. The molecule has 0 aromatic heterocycles. The van der Waals surface area contributed by atoms with Crippen LogP contribution in [0.3, 0.4) is 0 Å². The summed E-state index contributed by atoms with van der Waals surface area (Å²) in [6, 6.07) is 16.7. The van der Waals surface area contributed by atoms with E-state index in [-0.39, 0.29) is 17.2 Å². The van der Waals surface area contributed by atoms with Gasteiger partial charge in [-0.1, -0.05) is 88.4 Å². The topological polar surface area (TPSA) is 89.9 Å². The number of hydrogen-bond acceptors (Lipinski definition) is 4. The van der Waals surface area contributed by atoms with Crippen LogP contribution in [-0.4, -0.2) is 52.7 Å². The fraction of sp³-hybridized carbons (Fsp3) is 0.562. The molecule has 0 spiro atoms. The normalized spacial score (nSPS) is 24.4. The SMILES string of the molecule is C[C@H]1CN(C[C@H](Cc2ccccc2)C(=O)N[C@@H](CC2CCCCC2)C(=O)O)CC[C@@]1(C)c1cccc(O)c1. The average Bonchev–Trinajstić information content (AvgIpc) is 2.91. The first-order chi connectivity index (χ1) is 18.2. The molecule has 1 heterocycles. The number of amides is 1. The van der Waals surface area contributed by atoms with Crippen molar-refractivity contribution in [2.45, 2.75) is 76.7 Å². The van der Waals surface area contributed by atoms with Crippen LogP contribution in [0, 0.1) is 17.8 Å². The van der Waals surface area contributed by atoms with E-state index in [0.717, 1.165) is 56.3 Å². The number of benzene rings is 2. The fourth-order valence-electron chi connectivity index (χ4n) is 6.49. The number of carbonyl (C=O) groups is 2. The summed E-state index contributed by atoms with van der Waals surface area (Å²) < 4.78 is 0. The van der Waals surface area contributed by atoms with E-state index in [9.17, 15) is 19.8 Å². The zero-order chi connectivity index (χ0) is 27.1. The fourth-order valence-corrected chi connectivity index (χ4v) is 6.49. The number of carbonyl (C=O) groups excluding carboxylic acids is 1. The lowest BCUT2D eigenvalue weighted by Crippen LogP contribution is -2.51. The zero-order valence-corrected chi connectivity index (χ0v) is 22.9. The molecule has 2 aliphatic rings. The van der Waals surface area contributed by atoms with Gasteiger partial charge in [0.2, 0.25) is 5.91 Å². The highest BCUT2D eigenvalue weighted by Crippen LogP contribution is 2.40. The maximum absolute atomic E-state index is 13.6. The van der Waals surface area contributed by atoms with Crippen molar-refractivity contribution in [3.05, 3.63) is 65.7 Å². The number of carboxylic acids is 1. The third kappa shape index (κ3) is 7.16. The lowest BCUT2D eigenvalue weighted by molar-refractivity contribution is -0.143. The van der Waals surface area contributed by atoms with Gasteiger partial charge >= 0.3 is 5.97 Å². The molecule has 0 bridgehead atoms. The van der Waals surface area contributed by atoms with Crippen molar-refractivity contribution in [2.75, 3.05) is 19.6 Å². The van der Waals surface area contributed by atoms with Crippen molar-refractivity contribution in [3.63, 3.8) is 0 Å². The molecule has 3 N–H and O–H groups in total. The van der Waals surface area contributed by atoms with Crippen LogP contribution < -0.4 is 5.32 Å². The number of nitrogens with zero attached hydrogens (tertiary/aromatic N) is 1. The number of aliphatic carboxylic acids is 1. The van der Waals surface area contributed by atoms with E-state index >= 15 is 0 Å². The first kappa shape index (κ1) is 28.2. The van der Waals surface area contributed by atoms with Gasteiger partial charge in [0.15, 0.2) is 0 Å². The summed E-state index contributed by atoms with van der Waals surface area (Å²) in [6.45, 7) is 6.79. The Bertz CT molecular complexity index is 1070. The Balaban J connectivity index is 1.45. The van der Waals surface area contributed by atoms with E-state index in [2.05, 4.69) is 30.1 Å². The molecule has 0 unspecified atom stereocenters. The van der Waals surface area contributed by atoms with Crippen LogP contribution in [0.4, 0.5) is 0 Å². The lowest BCUT2D eigenvalue weighted by Gasteiger charge is -2.46. The molecule has 2 fully saturated rings. The largest absolute Gasteiger partial charge is 0.508 e. The minimum atomic E-state index is -0.934. The number of piperidine rings is 1. The molecule has 2 aromatic carbocycles. The standard InChI is InChI=1S/C32H44N2O4/c1-23-21-34(17-16-32(23,2)27-14-9-15-28(35)20-27)22-26(18-24-10-5-3-6-11-24)30(36)33-29(31(37)38)19-25-12-7-4-8-13-25/h3,5-6,9-11,14-15,20,23,25-26,29,35H,4,7-8,12-13,16-19,21-22H2,1-2H3,(H,33,36)(H,37,38)/t23-,26-,29-,32+/m0/s1. The Labute approximate surface area is 227 Å². The van der Waals surface area contributed by atoms with E-state index in [1.54, 1.807) is 6.07 Å². The Morgan fingerprint density at radius 2 is 1.82 bits per heavy atom. The highest BCUT2D eigenvalue weighted by Gasteiger charge is 2.39. The average molecular weight is 521 g/mol. The number of nitrogens with one attached hydrogen (secondary N) is 1. The first-order valence-corrected chi connectivity index (χ1v) is 14.3. The molecule has 1 saturated heterocycles. The Morgan fingerprint density at radius 3 is 2.47 bits per heavy atom. The number of rotatable bonds is 10. The molecule has 1 aliphatic heterocycles. The number of likely N-dealkylation sites (tertiary alicyclic amines) is 1. The van der Waals surface area contributed by atoms with Gasteiger partial charge in [-0.25, -0.2) is 4.79 Å². The van der Waals surface area contributed by atoms with Gasteiger partial charge in [-0.3, -0.25) is 4.79 Å². The van der Waals surface area contributed by atoms with Crippen molar-refractivity contribution in [1.82, 2.24) is 10.2 Å². The monoisotopic (exact) mass is 520 g/mol. The summed E-state index contributed by atoms with van der Waals surface area (Å²) in [7, 11) is 0. The molecular formula is C32H44N2O4. The van der Waals surface area contributed by atoms with Crippen LogP contribution in [-0.2, 0) is 21.4 Å². The Kier molecular flexibility index (Phi) is 9.48. The quantitative estimate of drug-likeness (QED) is 0.391. The van der Waals surface area contributed by atoms with Gasteiger partial charge in [-0.2, -0.15) is 0 Å². The highest BCUT2D eigenvalue weighted by molar-refractivity contribution is 5.85. The summed E-state index contributed by atoms with van der Waals surface area (Å²) >= 11 is 0. The van der Waals surface area contributed by atoms with Gasteiger partial charge in [-0.05, 0) is 66.3 Å². The van der Waals surface area contributed by atoms with Crippen molar-refractivity contribution in [1.29, 1.82) is 0 Å². The van der Waals surface area contributed by atoms with E-state index in [1.165, 1.54) is 6.42 Å². The minimum Gasteiger partial charge on any atom is -0.508 e. The first-order valence-electron chi connectivity index (χ1n) is 14.3. The van der Waals surface area contributed by atoms with Crippen LogP contribution in [0.5, 0.6) is 5.75 Å². The summed E-state index contributed by atoms with van der Waals surface area (Å²) in [5.41, 5.74) is 2.18. The van der Waals surface area contributed by atoms with Crippen LogP contribution in [0.2, 0.25) is 0 Å². The molecule has 6 nitrogen and oxygen atoms in total. The number of carboxylic acid groups (broad SMARTS) is 1. The second kappa shape index (κ2) is 12.8. The molecule has 4 atom stereocenters. The summed E-state index contributed by atoms with van der Waals surface area (Å²) in [5, 5.41) is 22.9. The second-order valence-corrected chi connectivity index (χ2v) is 11.9. The van der Waals surface area contributed by atoms with Crippen LogP contribution in [0.1, 0.15) is 69.9 Å². The van der Waals surface area contributed by atoms with Crippen molar-refractivity contribution in [2.24, 2.45) is 17.8 Å². The molecule has 1 aliphatic carbocycles. The molecule has 2 aromatic rings. The number of phenolic OH excluding ortho intramolecular Hbond substituents is 1. The second-order valence-electron chi connectivity index (χ2n) is 11.9. The molecular weight excluding hydrogens is 476 g/mol. The van der Waals surface area contributed by atoms with Gasteiger partial charge in [0.1, 0.15) is 11.8 Å². The molecule has 38 heavy (non-hydrogen) atoms.